The third-order valence-corrected chi connectivity index (χ3v) is 5.18. The summed E-state index contributed by atoms with van der Waals surface area (Å²) in [6.45, 7) is 4.19. The first kappa shape index (κ1) is 14.7. The Morgan fingerprint density at radius 2 is 2.09 bits per heavy atom. The molecule has 1 aromatic heterocycles. The van der Waals surface area contributed by atoms with Gasteiger partial charge in [0.25, 0.3) is 0 Å². The fourth-order valence-corrected chi connectivity index (χ4v) is 3.51. The molecule has 4 rings (SSSR count). The van der Waals surface area contributed by atoms with E-state index in [-0.39, 0.29) is 5.82 Å². The summed E-state index contributed by atoms with van der Waals surface area (Å²) in [7, 11) is 0. The molecule has 2 aromatic rings. The molecular formula is C18H23FN4. The molecule has 0 radical (unpaired) electrons. The van der Waals surface area contributed by atoms with Crippen molar-refractivity contribution in [2.24, 2.45) is 5.41 Å². The average molecular weight is 314 g/mol. The smallest absolute Gasteiger partial charge is 0.123 e. The van der Waals surface area contributed by atoms with Crippen molar-refractivity contribution in [2.45, 2.75) is 31.8 Å². The van der Waals surface area contributed by atoms with Crippen LogP contribution in [0.3, 0.4) is 0 Å². The van der Waals surface area contributed by atoms with Crippen LogP contribution in [0.4, 0.5) is 10.1 Å². The first-order chi connectivity index (χ1) is 11.2. The number of nitrogens with one attached hydrogen (secondary N) is 1. The second-order valence-corrected chi connectivity index (χ2v) is 7.02. The van der Waals surface area contributed by atoms with E-state index in [2.05, 4.69) is 19.8 Å². The Balaban J connectivity index is 1.28. The van der Waals surface area contributed by atoms with E-state index in [9.17, 15) is 4.39 Å². The molecule has 1 atom stereocenters. The van der Waals surface area contributed by atoms with E-state index in [0.717, 1.165) is 38.3 Å². The van der Waals surface area contributed by atoms with Crippen molar-refractivity contribution in [2.75, 3.05) is 24.5 Å². The van der Waals surface area contributed by atoms with Crippen molar-refractivity contribution in [3.05, 3.63) is 48.8 Å². The third-order valence-electron chi connectivity index (χ3n) is 5.18. The van der Waals surface area contributed by atoms with Crippen LogP contribution in [-0.2, 0) is 6.54 Å². The molecule has 1 N–H and O–H groups in total. The Kier molecular flexibility index (Phi) is 3.81. The average Bonchev–Trinajstić information content (AvgIpc) is 2.96. The van der Waals surface area contributed by atoms with Crippen molar-refractivity contribution >= 4 is 5.69 Å². The van der Waals surface area contributed by atoms with Crippen LogP contribution in [0.25, 0.3) is 0 Å². The molecular weight excluding hydrogens is 291 g/mol. The predicted molar refractivity (Wildman–Crippen MR) is 88.9 cm³/mol. The maximum atomic E-state index is 13.0. The number of aromatic nitrogens is 2. The zero-order valence-corrected chi connectivity index (χ0v) is 13.3. The molecule has 122 valence electrons. The van der Waals surface area contributed by atoms with Crippen LogP contribution in [0.5, 0.6) is 0 Å². The first-order valence-corrected chi connectivity index (χ1v) is 8.42. The zero-order chi connectivity index (χ0) is 15.7. The quantitative estimate of drug-likeness (QED) is 0.890. The fourth-order valence-electron chi connectivity index (χ4n) is 3.51. The highest BCUT2D eigenvalue weighted by Gasteiger charge is 2.43. The minimum Gasteiger partial charge on any atom is -0.370 e. The zero-order valence-electron chi connectivity index (χ0n) is 13.3. The maximum absolute atomic E-state index is 13.0. The Labute approximate surface area is 136 Å². The van der Waals surface area contributed by atoms with Gasteiger partial charge in [-0.1, -0.05) is 0 Å². The number of halogens is 1. The Morgan fingerprint density at radius 1 is 1.26 bits per heavy atom. The Morgan fingerprint density at radius 3 is 2.78 bits per heavy atom. The molecule has 5 heteroatoms. The number of hydrogen-bond acceptors (Lipinski definition) is 3. The van der Waals surface area contributed by atoms with Crippen molar-refractivity contribution in [3.63, 3.8) is 0 Å². The van der Waals surface area contributed by atoms with Crippen molar-refractivity contribution < 1.29 is 4.39 Å². The van der Waals surface area contributed by atoms with Crippen LogP contribution >= 0.6 is 0 Å². The minimum atomic E-state index is -0.169. The second-order valence-electron chi connectivity index (χ2n) is 7.02. The summed E-state index contributed by atoms with van der Waals surface area (Å²) in [4.78, 5) is 6.47. The molecule has 1 saturated carbocycles. The predicted octanol–water partition coefficient (Wildman–Crippen LogP) is 2.67. The highest BCUT2D eigenvalue weighted by Crippen LogP contribution is 2.46. The van der Waals surface area contributed by atoms with Gasteiger partial charge in [0.1, 0.15) is 5.82 Å². The lowest BCUT2D eigenvalue weighted by molar-refractivity contribution is 0.371. The molecule has 2 aliphatic rings. The van der Waals surface area contributed by atoms with Gasteiger partial charge in [0.15, 0.2) is 0 Å². The van der Waals surface area contributed by atoms with Crippen LogP contribution in [0.15, 0.2) is 43.0 Å². The number of nitrogens with zero attached hydrogens (tertiary/aromatic N) is 3. The van der Waals surface area contributed by atoms with E-state index in [0.29, 0.717) is 11.5 Å². The summed E-state index contributed by atoms with van der Waals surface area (Å²) in [5, 5.41) is 3.76. The second kappa shape index (κ2) is 5.96. The van der Waals surface area contributed by atoms with Gasteiger partial charge in [0.05, 0.1) is 6.33 Å². The highest BCUT2D eigenvalue weighted by atomic mass is 19.1. The van der Waals surface area contributed by atoms with Gasteiger partial charge in [-0.3, -0.25) is 0 Å². The first-order valence-electron chi connectivity index (χ1n) is 8.42. The van der Waals surface area contributed by atoms with Gasteiger partial charge in [-0.2, -0.15) is 0 Å². The molecule has 0 unspecified atom stereocenters. The van der Waals surface area contributed by atoms with Gasteiger partial charge >= 0.3 is 0 Å². The minimum absolute atomic E-state index is 0.169. The standard InChI is InChI=1S/C18H23FN4/c19-15-1-3-17(4-2-15)23-9-5-16(11-23)21-12-18(6-7-18)13-22-10-8-20-14-22/h1-4,8,10,14,16,21H,5-7,9,11-13H2/t16-/m0/s1. The lowest BCUT2D eigenvalue weighted by Gasteiger charge is -2.22. The Bertz CT molecular complexity index is 634. The number of hydrogen-bond donors (Lipinski definition) is 1. The van der Waals surface area contributed by atoms with Crippen LogP contribution in [-0.4, -0.2) is 35.2 Å². The summed E-state index contributed by atoms with van der Waals surface area (Å²) >= 11 is 0. The molecule has 23 heavy (non-hydrogen) atoms. The number of imidazole rings is 1. The van der Waals surface area contributed by atoms with Crippen molar-refractivity contribution in [1.29, 1.82) is 0 Å². The number of benzene rings is 1. The fraction of sp³-hybridized carbons (Fsp3) is 0.500. The normalized spacial score (nSPS) is 22.5. The van der Waals surface area contributed by atoms with Gasteiger partial charge in [-0.05, 0) is 43.5 Å². The maximum Gasteiger partial charge on any atom is 0.123 e. The van der Waals surface area contributed by atoms with Crippen LogP contribution < -0.4 is 10.2 Å². The largest absolute Gasteiger partial charge is 0.370 e. The molecule has 1 aromatic carbocycles. The van der Waals surface area contributed by atoms with E-state index in [1.165, 1.54) is 12.8 Å². The monoisotopic (exact) mass is 314 g/mol. The molecule has 2 fully saturated rings. The van der Waals surface area contributed by atoms with Gasteiger partial charge < -0.3 is 14.8 Å². The molecule has 0 bridgehead atoms. The molecule has 1 aliphatic heterocycles. The lowest BCUT2D eigenvalue weighted by Crippen LogP contribution is -2.37. The lowest BCUT2D eigenvalue weighted by atomic mass is 10.1. The molecule has 4 nitrogen and oxygen atoms in total. The van der Waals surface area contributed by atoms with E-state index >= 15 is 0 Å². The van der Waals surface area contributed by atoms with E-state index < -0.39 is 0 Å². The number of anilines is 1. The van der Waals surface area contributed by atoms with Crippen LogP contribution in [0, 0.1) is 11.2 Å². The van der Waals surface area contributed by atoms with Crippen LogP contribution in [0.2, 0.25) is 0 Å². The summed E-state index contributed by atoms with van der Waals surface area (Å²) < 4.78 is 15.2. The van der Waals surface area contributed by atoms with Crippen molar-refractivity contribution in [1.82, 2.24) is 14.9 Å². The van der Waals surface area contributed by atoms with E-state index in [1.54, 1.807) is 12.1 Å². The number of rotatable bonds is 6. The summed E-state index contributed by atoms with van der Waals surface area (Å²) in [5.74, 6) is -0.169. The van der Waals surface area contributed by atoms with Crippen LogP contribution in [0.1, 0.15) is 19.3 Å². The van der Waals surface area contributed by atoms with Gasteiger partial charge in [0.2, 0.25) is 0 Å². The molecule has 2 heterocycles. The highest BCUT2D eigenvalue weighted by molar-refractivity contribution is 5.47. The van der Waals surface area contributed by atoms with Gasteiger partial charge in [-0.15, -0.1) is 0 Å². The van der Waals surface area contributed by atoms with Gasteiger partial charge in [0, 0.05) is 55.7 Å². The summed E-state index contributed by atoms with van der Waals surface area (Å²) in [5.41, 5.74) is 1.54. The third kappa shape index (κ3) is 3.39. The molecule has 0 spiro atoms. The van der Waals surface area contributed by atoms with Crippen molar-refractivity contribution in [3.8, 4) is 0 Å². The van der Waals surface area contributed by atoms with E-state index in [4.69, 9.17) is 0 Å². The summed E-state index contributed by atoms with van der Waals surface area (Å²) in [6, 6.07) is 7.36. The Hall–Kier alpha value is -1.88. The molecule has 0 amide bonds. The summed E-state index contributed by atoms with van der Waals surface area (Å²) in [6.07, 6.45) is 9.55. The molecule has 1 saturated heterocycles. The topological polar surface area (TPSA) is 33.1 Å². The van der Waals surface area contributed by atoms with Gasteiger partial charge in [-0.25, -0.2) is 9.37 Å². The SMILES string of the molecule is Fc1ccc(N2CC[C@H](NCC3(Cn4ccnc4)CC3)C2)cc1. The van der Waals surface area contributed by atoms with E-state index in [1.807, 2.05) is 30.9 Å². The molecule has 1 aliphatic carbocycles.